The van der Waals surface area contributed by atoms with Crippen LogP contribution in [0, 0.1) is 11.7 Å². The van der Waals surface area contributed by atoms with Gasteiger partial charge in [-0.05, 0) is 74.5 Å². The fourth-order valence-corrected chi connectivity index (χ4v) is 5.14. The molecule has 5 rings (SSSR count). The van der Waals surface area contributed by atoms with Crippen LogP contribution in [0.2, 0.25) is 10.0 Å². The average Bonchev–Trinajstić information content (AvgIpc) is 3.20. The van der Waals surface area contributed by atoms with Crippen LogP contribution in [0.3, 0.4) is 0 Å². The maximum absolute atomic E-state index is 13.2. The number of nitrogens with zero attached hydrogens (tertiary/aromatic N) is 4. The number of fused-ring (bicyclic) bond motifs is 1. The molecule has 0 spiro atoms. The number of imidazole rings is 1. The minimum Gasteiger partial charge on any atom is -0.317 e. The van der Waals surface area contributed by atoms with Gasteiger partial charge in [0.15, 0.2) is 5.65 Å². The second-order valence-corrected chi connectivity index (χ2v) is 9.60. The monoisotopic (exact) mass is 497 g/mol. The van der Waals surface area contributed by atoms with E-state index in [2.05, 4.69) is 14.9 Å². The molecule has 0 bridgehead atoms. The predicted octanol–water partition coefficient (Wildman–Crippen LogP) is 6.11. The van der Waals surface area contributed by atoms with Crippen molar-refractivity contribution in [1.29, 1.82) is 0 Å². The summed E-state index contributed by atoms with van der Waals surface area (Å²) < 4.78 is 15.4. The Balaban J connectivity index is 1.49. The molecule has 2 aromatic heterocycles. The molecule has 3 heterocycles. The summed E-state index contributed by atoms with van der Waals surface area (Å²) in [4.78, 5) is 14.3. The maximum atomic E-state index is 13.2. The molecule has 0 saturated carbocycles. The van der Waals surface area contributed by atoms with Gasteiger partial charge in [-0.25, -0.2) is 19.3 Å². The third-order valence-electron chi connectivity index (χ3n) is 6.49. The van der Waals surface area contributed by atoms with Crippen molar-refractivity contribution in [2.45, 2.75) is 38.6 Å². The number of aromatic nitrogens is 4. The van der Waals surface area contributed by atoms with Crippen LogP contribution in [0.5, 0.6) is 0 Å². The summed E-state index contributed by atoms with van der Waals surface area (Å²) in [6.07, 6.45) is 6.55. The summed E-state index contributed by atoms with van der Waals surface area (Å²) >= 11 is 13.1. The maximum Gasteiger partial charge on any atom is 0.164 e. The van der Waals surface area contributed by atoms with Crippen LogP contribution < -0.4 is 5.32 Å². The molecule has 0 atom stereocenters. The number of hydrogen-bond acceptors (Lipinski definition) is 4. The van der Waals surface area contributed by atoms with Gasteiger partial charge in [0, 0.05) is 13.0 Å². The molecule has 2 aromatic carbocycles. The molecular formula is C26H26Cl2FN5. The fraction of sp³-hybridized carbons (Fsp3) is 0.346. The topological polar surface area (TPSA) is 55.6 Å². The number of hydrogen-bond donors (Lipinski definition) is 1. The number of nitrogens with one attached hydrogen (secondary N) is 1. The Morgan fingerprint density at radius 2 is 1.71 bits per heavy atom. The molecule has 0 radical (unpaired) electrons. The first kappa shape index (κ1) is 23.2. The smallest absolute Gasteiger partial charge is 0.164 e. The third kappa shape index (κ3) is 5.09. The van der Waals surface area contributed by atoms with Crippen molar-refractivity contribution >= 4 is 34.4 Å². The highest BCUT2D eigenvalue weighted by atomic mass is 35.5. The molecule has 0 amide bonds. The molecule has 4 aromatic rings. The summed E-state index contributed by atoms with van der Waals surface area (Å²) in [7, 11) is 0. The van der Waals surface area contributed by atoms with E-state index in [0.29, 0.717) is 22.4 Å². The van der Waals surface area contributed by atoms with Gasteiger partial charge in [0.25, 0.3) is 0 Å². The number of rotatable bonds is 7. The van der Waals surface area contributed by atoms with Gasteiger partial charge < -0.3 is 9.88 Å². The minimum atomic E-state index is -0.232. The van der Waals surface area contributed by atoms with Crippen molar-refractivity contribution in [3.05, 3.63) is 75.9 Å². The Kier molecular flexibility index (Phi) is 7.09. The van der Waals surface area contributed by atoms with E-state index >= 15 is 0 Å². The summed E-state index contributed by atoms with van der Waals surface area (Å²) in [5.74, 6) is 1.89. The van der Waals surface area contributed by atoms with Crippen LogP contribution in [0.1, 0.15) is 30.7 Å². The van der Waals surface area contributed by atoms with E-state index in [4.69, 9.17) is 33.2 Å². The zero-order valence-corrected chi connectivity index (χ0v) is 20.3. The normalized spacial score (nSPS) is 14.7. The summed E-state index contributed by atoms with van der Waals surface area (Å²) in [5.41, 5.74) is 3.29. The van der Waals surface area contributed by atoms with Crippen molar-refractivity contribution in [1.82, 2.24) is 24.8 Å². The Bertz CT molecular complexity index is 1260. The second-order valence-electron chi connectivity index (χ2n) is 8.79. The molecule has 176 valence electrons. The van der Waals surface area contributed by atoms with Gasteiger partial charge in [-0.2, -0.15) is 0 Å². The largest absolute Gasteiger partial charge is 0.317 e. The highest BCUT2D eigenvalue weighted by Gasteiger charge is 2.21. The molecule has 0 unspecified atom stereocenters. The van der Waals surface area contributed by atoms with E-state index in [-0.39, 0.29) is 5.82 Å². The first-order valence-electron chi connectivity index (χ1n) is 11.7. The standard InChI is InChI=1S/C26H26Cl2FN5/c27-20-2-1-3-21(28)24(20)26-32-22-16-31-23(9-6-17-4-7-19(29)8-5-17)33-25(22)34(26)15-12-18-10-13-30-14-11-18/h1-5,7-8,16,18,30H,6,9-15H2. The van der Waals surface area contributed by atoms with Crippen LogP contribution >= 0.6 is 23.2 Å². The Labute approximate surface area is 208 Å². The molecule has 0 aliphatic carbocycles. The van der Waals surface area contributed by atoms with Gasteiger partial charge in [-0.1, -0.05) is 41.4 Å². The molecule has 1 aliphatic heterocycles. The zero-order chi connectivity index (χ0) is 23.5. The van der Waals surface area contributed by atoms with Crippen molar-refractivity contribution in [2.24, 2.45) is 5.92 Å². The van der Waals surface area contributed by atoms with Crippen LogP contribution in [0.15, 0.2) is 48.7 Å². The average molecular weight is 498 g/mol. The Hall–Kier alpha value is -2.54. The number of benzene rings is 2. The van der Waals surface area contributed by atoms with Gasteiger partial charge in [0.05, 0.1) is 21.8 Å². The molecule has 1 aliphatic rings. The highest BCUT2D eigenvalue weighted by Crippen LogP contribution is 2.36. The van der Waals surface area contributed by atoms with Crippen molar-refractivity contribution in [3.8, 4) is 11.4 Å². The van der Waals surface area contributed by atoms with E-state index in [0.717, 1.165) is 66.4 Å². The molecule has 5 nitrogen and oxygen atoms in total. The lowest BCUT2D eigenvalue weighted by Crippen LogP contribution is -2.28. The number of aryl methyl sites for hydroxylation is 3. The molecule has 1 saturated heterocycles. The first-order valence-corrected chi connectivity index (χ1v) is 12.5. The minimum absolute atomic E-state index is 0.232. The SMILES string of the molecule is Fc1ccc(CCc2ncc3nc(-c4c(Cl)cccc4Cl)n(CCC4CCNCC4)c3n2)cc1. The lowest BCUT2D eigenvalue weighted by molar-refractivity contribution is 0.339. The van der Waals surface area contributed by atoms with Gasteiger partial charge in [-0.3, -0.25) is 0 Å². The van der Waals surface area contributed by atoms with E-state index in [1.807, 2.05) is 18.2 Å². The third-order valence-corrected chi connectivity index (χ3v) is 7.12. The molecule has 1 N–H and O–H groups in total. The predicted molar refractivity (Wildman–Crippen MR) is 135 cm³/mol. The summed E-state index contributed by atoms with van der Waals surface area (Å²) in [6, 6.07) is 12.1. The van der Waals surface area contributed by atoms with Gasteiger partial charge >= 0.3 is 0 Å². The molecular weight excluding hydrogens is 472 g/mol. The Morgan fingerprint density at radius 1 is 0.971 bits per heavy atom. The zero-order valence-electron chi connectivity index (χ0n) is 18.8. The van der Waals surface area contributed by atoms with Crippen molar-refractivity contribution in [2.75, 3.05) is 13.1 Å². The first-order chi connectivity index (χ1) is 16.6. The van der Waals surface area contributed by atoms with Crippen molar-refractivity contribution < 1.29 is 4.39 Å². The second kappa shape index (κ2) is 10.4. The van der Waals surface area contributed by atoms with E-state index in [1.54, 1.807) is 18.3 Å². The highest BCUT2D eigenvalue weighted by molar-refractivity contribution is 6.39. The lowest BCUT2D eigenvalue weighted by atomic mass is 9.95. The Morgan fingerprint density at radius 3 is 2.44 bits per heavy atom. The summed E-state index contributed by atoms with van der Waals surface area (Å²) in [5, 5.41) is 4.56. The fourth-order valence-electron chi connectivity index (χ4n) is 4.58. The van der Waals surface area contributed by atoms with Crippen LogP contribution in [0.25, 0.3) is 22.6 Å². The van der Waals surface area contributed by atoms with E-state index < -0.39 is 0 Å². The summed E-state index contributed by atoms with van der Waals surface area (Å²) in [6.45, 7) is 2.91. The van der Waals surface area contributed by atoms with Crippen LogP contribution in [-0.2, 0) is 19.4 Å². The molecule has 34 heavy (non-hydrogen) atoms. The van der Waals surface area contributed by atoms with Crippen molar-refractivity contribution in [3.63, 3.8) is 0 Å². The van der Waals surface area contributed by atoms with Gasteiger partial charge in [0.1, 0.15) is 23.0 Å². The van der Waals surface area contributed by atoms with E-state index in [1.165, 1.54) is 25.0 Å². The van der Waals surface area contributed by atoms with E-state index in [9.17, 15) is 4.39 Å². The van der Waals surface area contributed by atoms with Gasteiger partial charge in [-0.15, -0.1) is 0 Å². The quantitative estimate of drug-likeness (QED) is 0.334. The number of piperidine rings is 1. The molecule has 1 fully saturated rings. The molecule has 8 heteroatoms. The van der Waals surface area contributed by atoms with Gasteiger partial charge in [0.2, 0.25) is 0 Å². The lowest BCUT2D eigenvalue weighted by Gasteiger charge is -2.23. The van der Waals surface area contributed by atoms with Crippen LogP contribution in [-0.4, -0.2) is 32.6 Å². The number of halogens is 3. The van der Waals surface area contributed by atoms with Crippen LogP contribution in [0.4, 0.5) is 4.39 Å².